The average Bonchev–Trinajstić information content (AvgIpc) is 2.58. The largest absolute Gasteiger partial charge is 0.507 e. The van der Waals surface area contributed by atoms with Crippen molar-refractivity contribution in [2.75, 3.05) is 18.5 Å². The minimum atomic E-state index is -0.634. The molecule has 0 bridgehead atoms. The van der Waals surface area contributed by atoms with E-state index >= 15 is 0 Å². The Bertz CT molecular complexity index is 769. The van der Waals surface area contributed by atoms with Gasteiger partial charge in [-0.25, -0.2) is 0 Å². The molecule has 0 unspecified atom stereocenters. The van der Waals surface area contributed by atoms with Crippen LogP contribution in [0.3, 0.4) is 0 Å². The summed E-state index contributed by atoms with van der Waals surface area (Å²) in [6.45, 7) is 0.472. The van der Waals surface area contributed by atoms with Crippen molar-refractivity contribution >= 4 is 40.5 Å². The Labute approximate surface area is 152 Å². The van der Waals surface area contributed by atoms with E-state index < -0.39 is 10.8 Å². The number of hydrogen-bond donors (Lipinski definition) is 4. The van der Waals surface area contributed by atoms with Gasteiger partial charge in [0, 0.05) is 23.7 Å². The number of rotatable bonds is 4. The summed E-state index contributed by atoms with van der Waals surface area (Å²) in [5.74, 6) is -0.874. The summed E-state index contributed by atoms with van der Waals surface area (Å²) in [6, 6.07) is 7.65. The van der Waals surface area contributed by atoms with Crippen molar-refractivity contribution in [3.63, 3.8) is 0 Å². The highest BCUT2D eigenvalue weighted by Crippen LogP contribution is 2.28. The van der Waals surface area contributed by atoms with Crippen LogP contribution >= 0.6 is 23.2 Å². The van der Waals surface area contributed by atoms with Crippen LogP contribution in [0.15, 0.2) is 36.4 Å². The van der Waals surface area contributed by atoms with Crippen LogP contribution in [0, 0.1) is 10.1 Å². The third kappa shape index (κ3) is 6.20. The van der Waals surface area contributed by atoms with Crippen molar-refractivity contribution in [2.45, 2.75) is 0 Å². The lowest BCUT2D eigenvalue weighted by atomic mass is 10.2. The molecule has 0 saturated carbocycles. The number of benzene rings is 2. The van der Waals surface area contributed by atoms with Crippen LogP contribution in [-0.2, 0) is 0 Å². The van der Waals surface area contributed by atoms with Crippen molar-refractivity contribution in [2.24, 2.45) is 5.73 Å². The summed E-state index contributed by atoms with van der Waals surface area (Å²) in [4.78, 5) is 22.0. The van der Waals surface area contributed by atoms with Crippen molar-refractivity contribution in [1.29, 1.82) is 0 Å². The maximum absolute atomic E-state index is 12.0. The number of nitro benzene ring substituents is 1. The normalized spacial score (nSPS) is 9.76. The molecule has 2 aromatic rings. The Morgan fingerprint density at radius 2 is 1.88 bits per heavy atom. The van der Waals surface area contributed by atoms with Gasteiger partial charge in [-0.2, -0.15) is 0 Å². The average molecular weight is 388 g/mol. The van der Waals surface area contributed by atoms with Gasteiger partial charge in [0.05, 0.1) is 27.8 Å². The van der Waals surface area contributed by atoms with Gasteiger partial charge in [-0.15, -0.1) is 0 Å². The molecule has 1 amide bonds. The maximum Gasteiger partial charge on any atom is 0.271 e. The van der Waals surface area contributed by atoms with Crippen LogP contribution in [0.25, 0.3) is 0 Å². The van der Waals surface area contributed by atoms with E-state index in [0.717, 1.165) is 6.07 Å². The number of phenolic OH excluding ortho intramolecular Hbond substituents is 1. The molecule has 0 saturated heterocycles. The number of phenols is 1. The molecule has 10 heteroatoms. The van der Waals surface area contributed by atoms with E-state index in [1.807, 2.05) is 0 Å². The first-order chi connectivity index (χ1) is 11.8. The number of nitrogens with two attached hydrogens (primary N) is 1. The Morgan fingerprint density at radius 3 is 2.40 bits per heavy atom. The lowest BCUT2D eigenvalue weighted by Crippen LogP contribution is -2.12. The first-order valence-electron chi connectivity index (χ1n) is 6.84. The van der Waals surface area contributed by atoms with Crippen LogP contribution in [0.4, 0.5) is 11.4 Å². The number of hydrogen-bond acceptors (Lipinski definition) is 6. The van der Waals surface area contributed by atoms with Crippen molar-refractivity contribution < 1.29 is 19.9 Å². The Balaban J connectivity index is 0.000000705. The Kier molecular flexibility index (Phi) is 8.09. The van der Waals surface area contributed by atoms with E-state index in [4.69, 9.17) is 34.0 Å². The topological polar surface area (TPSA) is 139 Å². The summed E-state index contributed by atoms with van der Waals surface area (Å²) in [7, 11) is 0. The molecule has 0 atom stereocenters. The molecule has 0 aliphatic carbocycles. The minimum Gasteiger partial charge on any atom is -0.507 e. The predicted octanol–water partition coefficient (Wildman–Crippen LogP) is 2.80. The van der Waals surface area contributed by atoms with E-state index in [1.54, 1.807) is 0 Å². The molecule has 0 aliphatic rings. The summed E-state index contributed by atoms with van der Waals surface area (Å²) in [6.07, 6.45) is 0. The van der Waals surface area contributed by atoms with Gasteiger partial charge in [0.25, 0.3) is 11.6 Å². The number of anilines is 1. The van der Waals surface area contributed by atoms with Crippen LogP contribution in [-0.4, -0.2) is 34.2 Å². The monoisotopic (exact) mass is 387 g/mol. The number of non-ortho nitro benzene ring substituents is 1. The van der Waals surface area contributed by atoms with Gasteiger partial charge in [-0.1, -0.05) is 23.2 Å². The molecule has 134 valence electrons. The van der Waals surface area contributed by atoms with Crippen molar-refractivity contribution in [1.82, 2.24) is 0 Å². The van der Waals surface area contributed by atoms with Gasteiger partial charge in [0.2, 0.25) is 0 Å². The number of halogens is 2. The highest BCUT2D eigenvalue weighted by atomic mass is 35.5. The zero-order valence-corrected chi connectivity index (χ0v) is 14.3. The second-order valence-corrected chi connectivity index (χ2v) is 5.39. The lowest BCUT2D eigenvalue weighted by Gasteiger charge is -2.08. The number of nitrogens with one attached hydrogen (secondary N) is 1. The number of amides is 1. The second-order valence-electron chi connectivity index (χ2n) is 4.55. The van der Waals surface area contributed by atoms with Crippen LogP contribution < -0.4 is 11.1 Å². The molecule has 0 aliphatic heterocycles. The zero-order chi connectivity index (χ0) is 19.0. The van der Waals surface area contributed by atoms with Crippen molar-refractivity contribution in [3.8, 4) is 5.75 Å². The van der Waals surface area contributed by atoms with E-state index in [1.165, 1.54) is 30.3 Å². The minimum absolute atomic E-state index is 0.0130. The maximum atomic E-state index is 12.0. The first-order valence-corrected chi connectivity index (χ1v) is 7.60. The fourth-order valence-electron chi connectivity index (χ4n) is 1.60. The number of carbonyl (C=O) groups excluding carboxylic acids is 1. The summed E-state index contributed by atoms with van der Waals surface area (Å²) < 4.78 is 0. The second kappa shape index (κ2) is 9.80. The quantitative estimate of drug-likeness (QED) is 0.469. The Morgan fingerprint density at radius 1 is 1.24 bits per heavy atom. The van der Waals surface area contributed by atoms with E-state index in [-0.39, 0.29) is 39.3 Å². The highest BCUT2D eigenvalue weighted by Gasteiger charge is 2.15. The molecular weight excluding hydrogens is 373 g/mol. The zero-order valence-electron chi connectivity index (χ0n) is 12.8. The molecule has 0 fully saturated rings. The van der Waals surface area contributed by atoms with E-state index in [2.05, 4.69) is 5.32 Å². The molecule has 8 nitrogen and oxygen atoms in total. The van der Waals surface area contributed by atoms with E-state index in [9.17, 15) is 20.0 Å². The fraction of sp³-hybridized carbons (Fsp3) is 0.133. The molecule has 0 spiro atoms. The van der Waals surface area contributed by atoms with Crippen LogP contribution in [0.1, 0.15) is 10.4 Å². The molecule has 5 N–H and O–H groups in total. The predicted molar refractivity (Wildman–Crippen MR) is 95.3 cm³/mol. The number of nitrogens with zero attached hydrogens (tertiary/aromatic N) is 1. The number of aromatic hydroxyl groups is 1. The SMILES string of the molecule is NCCO.O=C(Nc1ccc([N+](=O)[O-])cc1Cl)c1cc(Cl)ccc1O. The van der Waals surface area contributed by atoms with Gasteiger partial charge < -0.3 is 21.3 Å². The van der Waals surface area contributed by atoms with Gasteiger partial charge >= 0.3 is 0 Å². The van der Waals surface area contributed by atoms with Crippen LogP contribution in [0.5, 0.6) is 5.75 Å². The number of aliphatic hydroxyl groups is 1. The van der Waals surface area contributed by atoms with Gasteiger partial charge in [0.15, 0.2) is 0 Å². The van der Waals surface area contributed by atoms with E-state index in [0.29, 0.717) is 6.54 Å². The number of carbonyl (C=O) groups is 1. The molecule has 0 heterocycles. The van der Waals surface area contributed by atoms with Gasteiger partial charge in [-0.05, 0) is 24.3 Å². The number of aliphatic hydroxyl groups excluding tert-OH is 1. The highest BCUT2D eigenvalue weighted by molar-refractivity contribution is 6.34. The standard InChI is InChI=1S/C13H8Cl2N2O4.C2H7NO/c14-7-1-4-12(18)9(5-7)13(19)16-11-3-2-8(17(20)21)6-10(11)15;3-1-2-4/h1-6,18H,(H,16,19);4H,1-3H2. The third-order valence-electron chi connectivity index (χ3n) is 2.74. The van der Waals surface area contributed by atoms with Gasteiger partial charge in [-0.3, -0.25) is 14.9 Å². The van der Waals surface area contributed by atoms with Gasteiger partial charge in [0.1, 0.15) is 5.75 Å². The number of nitro groups is 1. The molecule has 2 aromatic carbocycles. The van der Waals surface area contributed by atoms with Crippen LogP contribution in [0.2, 0.25) is 10.0 Å². The summed E-state index contributed by atoms with van der Waals surface area (Å²) in [5, 5.41) is 30.7. The smallest absolute Gasteiger partial charge is 0.271 e. The Hall–Kier alpha value is -2.39. The van der Waals surface area contributed by atoms with Crippen molar-refractivity contribution in [3.05, 3.63) is 62.1 Å². The molecule has 2 rings (SSSR count). The summed E-state index contributed by atoms with van der Waals surface area (Å²) in [5.41, 5.74) is 4.74. The fourth-order valence-corrected chi connectivity index (χ4v) is 1.99. The molecule has 0 aromatic heterocycles. The lowest BCUT2D eigenvalue weighted by molar-refractivity contribution is -0.384. The molecule has 25 heavy (non-hydrogen) atoms. The molecular formula is C15H15Cl2N3O5. The summed E-state index contributed by atoms with van der Waals surface area (Å²) >= 11 is 11.6. The molecule has 0 radical (unpaired) electrons. The first kappa shape index (κ1) is 20.7. The third-order valence-corrected chi connectivity index (χ3v) is 3.29.